The van der Waals surface area contributed by atoms with Crippen LogP contribution in [0.15, 0.2) is 12.1 Å². The van der Waals surface area contributed by atoms with E-state index in [0.29, 0.717) is 6.07 Å². The van der Waals surface area contributed by atoms with Gasteiger partial charge >= 0.3 is 0 Å². The molecule has 4 N–H and O–H groups in total. The first-order valence-electron chi connectivity index (χ1n) is 4.50. The van der Waals surface area contributed by atoms with Gasteiger partial charge in [-0.25, -0.2) is 13.2 Å². The van der Waals surface area contributed by atoms with E-state index in [1.807, 2.05) is 0 Å². The molecule has 0 aliphatic rings. The Balaban J connectivity index is 3.32. The lowest BCUT2D eigenvalue weighted by molar-refractivity contribution is -0.0716. The van der Waals surface area contributed by atoms with Crippen molar-refractivity contribution < 1.29 is 23.4 Å². The van der Waals surface area contributed by atoms with Gasteiger partial charge in [-0.05, 0) is 12.1 Å². The molecule has 0 aliphatic heterocycles. The zero-order valence-electron chi connectivity index (χ0n) is 8.49. The molecule has 0 heterocycles. The summed E-state index contributed by atoms with van der Waals surface area (Å²) in [6, 6.07) is 0.995. The van der Waals surface area contributed by atoms with Crippen LogP contribution < -0.4 is 5.73 Å². The lowest BCUT2D eigenvalue weighted by Crippen LogP contribution is -2.36. The van der Waals surface area contributed by atoms with Gasteiger partial charge in [0.2, 0.25) is 0 Å². The van der Waals surface area contributed by atoms with E-state index in [4.69, 9.17) is 16.1 Å². The molecule has 0 aromatic heterocycles. The van der Waals surface area contributed by atoms with Crippen molar-refractivity contribution in [2.75, 3.05) is 6.61 Å². The molecule has 92 valence electrons. The van der Waals surface area contributed by atoms with Crippen molar-refractivity contribution >= 4 is 0 Å². The van der Waals surface area contributed by atoms with Gasteiger partial charge in [0.25, 0.3) is 5.92 Å². The molecule has 7 heteroatoms. The van der Waals surface area contributed by atoms with Crippen molar-refractivity contribution in [3.63, 3.8) is 0 Å². The van der Waals surface area contributed by atoms with Crippen molar-refractivity contribution in [2.45, 2.75) is 12.0 Å². The number of alkyl halides is 2. The number of aliphatic hydroxyl groups excluding tert-OH is 1. The lowest BCUT2D eigenvalue weighted by Gasteiger charge is -2.22. The molecule has 0 saturated carbocycles. The average molecular weight is 246 g/mol. The molecule has 0 fully saturated rings. The number of phenolic OH excluding ortho intramolecular Hbond substituents is 1. The van der Waals surface area contributed by atoms with E-state index in [0.717, 1.165) is 6.07 Å². The number of aromatic hydroxyl groups is 1. The highest BCUT2D eigenvalue weighted by Gasteiger charge is 2.39. The predicted octanol–water partition coefficient (Wildman–Crippen LogP) is 1.03. The van der Waals surface area contributed by atoms with Crippen molar-refractivity contribution in [3.8, 4) is 11.8 Å². The van der Waals surface area contributed by atoms with Crippen LogP contribution in [0.5, 0.6) is 5.75 Å². The Morgan fingerprint density at radius 1 is 1.47 bits per heavy atom. The minimum Gasteiger partial charge on any atom is -0.505 e. The summed E-state index contributed by atoms with van der Waals surface area (Å²) in [5, 5.41) is 26.3. The number of rotatable bonds is 3. The summed E-state index contributed by atoms with van der Waals surface area (Å²) < 4.78 is 39.3. The van der Waals surface area contributed by atoms with Crippen LogP contribution in [0.2, 0.25) is 0 Å². The van der Waals surface area contributed by atoms with Gasteiger partial charge in [-0.3, -0.25) is 0 Å². The molecule has 0 unspecified atom stereocenters. The van der Waals surface area contributed by atoms with Crippen molar-refractivity contribution in [1.29, 1.82) is 5.26 Å². The molecule has 0 saturated heterocycles. The van der Waals surface area contributed by atoms with Gasteiger partial charge in [0, 0.05) is 5.56 Å². The minimum atomic E-state index is -3.72. The maximum absolute atomic E-state index is 13.1. The molecular weight excluding hydrogens is 237 g/mol. The summed E-state index contributed by atoms with van der Waals surface area (Å²) in [6.45, 7) is -1.55. The smallest absolute Gasteiger partial charge is 0.289 e. The lowest BCUT2D eigenvalue weighted by atomic mass is 9.98. The molecule has 4 nitrogen and oxygen atoms in total. The van der Waals surface area contributed by atoms with Gasteiger partial charge in [0.05, 0.1) is 11.6 Å². The van der Waals surface area contributed by atoms with E-state index in [1.54, 1.807) is 6.07 Å². The minimum absolute atomic E-state index is 0.250. The summed E-state index contributed by atoms with van der Waals surface area (Å²) in [6.07, 6.45) is 0. The maximum atomic E-state index is 13.1. The average Bonchev–Trinajstić information content (AvgIpc) is 2.31. The molecule has 0 spiro atoms. The van der Waals surface area contributed by atoms with Gasteiger partial charge in [-0.1, -0.05) is 0 Å². The summed E-state index contributed by atoms with van der Waals surface area (Å²) in [5.41, 5.74) is 4.26. The second-order valence-corrected chi connectivity index (χ2v) is 3.40. The van der Waals surface area contributed by atoms with Crippen molar-refractivity contribution in [1.82, 2.24) is 0 Å². The highest BCUT2D eigenvalue weighted by Crippen LogP contribution is 2.35. The van der Waals surface area contributed by atoms with Crippen molar-refractivity contribution in [2.24, 2.45) is 5.73 Å². The van der Waals surface area contributed by atoms with Gasteiger partial charge < -0.3 is 15.9 Å². The van der Waals surface area contributed by atoms with E-state index in [2.05, 4.69) is 0 Å². The number of aliphatic hydroxyl groups is 1. The zero-order chi connectivity index (χ0) is 13.2. The molecule has 0 bridgehead atoms. The standard InChI is InChI=1S/C10H9F3N2O2/c11-7-2-5(3-14)1-6(8(7)17)9(15)10(12,13)4-16/h1-2,9,16-17H,4,15H2/t9-/m1/s1. The summed E-state index contributed by atoms with van der Waals surface area (Å²) >= 11 is 0. The van der Waals surface area contributed by atoms with E-state index in [1.165, 1.54) is 0 Å². The second kappa shape index (κ2) is 4.61. The first-order chi connectivity index (χ1) is 7.83. The molecule has 0 amide bonds. The Hall–Kier alpha value is -1.78. The normalized spacial score (nSPS) is 13.2. The molecule has 1 rings (SSSR count). The molecule has 0 aliphatic carbocycles. The van der Waals surface area contributed by atoms with Crippen LogP contribution in [0, 0.1) is 17.1 Å². The fourth-order valence-corrected chi connectivity index (χ4v) is 1.25. The molecule has 17 heavy (non-hydrogen) atoms. The number of benzene rings is 1. The quantitative estimate of drug-likeness (QED) is 0.743. The fourth-order valence-electron chi connectivity index (χ4n) is 1.25. The van der Waals surface area contributed by atoms with Crippen LogP contribution in [0.1, 0.15) is 17.2 Å². The number of nitriles is 1. The van der Waals surface area contributed by atoms with Crippen LogP contribution in [0.25, 0.3) is 0 Å². The van der Waals surface area contributed by atoms with Gasteiger partial charge in [0.15, 0.2) is 11.6 Å². The Morgan fingerprint density at radius 2 is 2.06 bits per heavy atom. The molecule has 1 aromatic rings. The number of halogens is 3. The third kappa shape index (κ3) is 2.49. The highest BCUT2D eigenvalue weighted by molar-refractivity contribution is 5.44. The predicted molar refractivity (Wildman–Crippen MR) is 51.7 cm³/mol. The molecule has 0 radical (unpaired) electrons. The number of nitrogens with zero attached hydrogens (tertiary/aromatic N) is 1. The Kier molecular flexibility index (Phi) is 3.60. The van der Waals surface area contributed by atoms with Crippen LogP contribution >= 0.6 is 0 Å². The van der Waals surface area contributed by atoms with E-state index < -0.39 is 35.7 Å². The Bertz CT molecular complexity index is 471. The first-order valence-corrected chi connectivity index (χ1v) is 4.50. The van der Waals surface area contributed by atoms with Gasteiger partial charge in [0.1, 0.15) is 12.6 Å². The molecule has 1 aromatic carbocycles. The van der Waals surface area contributed by atoms with E-state index in [-0.39, 0.29) is 5.56 Å². The zero-order valence-corrected chi connectivity index (χ0v) is 8.49. The van der Waals surface area contributed by atoms with E-state index >= 15 is 0 Å². The number of nitrogens with two attached hydrogens (primary N) is 1. The maximum Gasteiger partial charge on any atom is 0.289 e. The third-order valence-corrected chi connectivity index (χ3v) is 2.22. The summed E-state index contributed by atoms with van der Waals surface area (Å²) in [5.74, 6) is -5.99. The van der Waals surface area contributed by atoms with Crippen LogP contribution in [-0.4, -0.2) is 22.7 Å². The van der Waals surface area contributed by atoms with Crippen LogP contribution in [0.3, 0.4) is 0 Å². The molecular formula is C10H9F3N2O2. The van der Waals surface area contributed by atoms with Gasteiger partial charge in [-0.2, -0.15) is 5.26 Å². The monoisotopic (exact) mass is 246 g/mol. The van der Waals surface area contributed by atoms with E-state index in [9.17, 15) is 18.3 Å². The Labute approximate surface area is 94.7 Å². The highest BCUT2D eigenvalue weighted by atomic mass is 19.3. The first kappa shape index (κ1) is 13.3. The topological polar surface area (TPSA) is 90.3 Å². The third-order valence-electron chi connectivity index (χ3n) is 2.22. The number of hydrogen-bond donors (Lipinski definition) is 3. The Morgan fingerprint density at radius 3 is 2.53 bits per heavy atom. The summed E-state index contributed by atoms with van der Waals surface area (Å²) in [4.78, 5) is 0. The fraction of sp³-hybridized carbons (Fsp3) is 0.300. The largest absolute Gasteiger partial charge is 0.505 e. The summed E-state index contributed by atoms with van der Waals surface area (Å²) in [7, 11) is 0. The molecule has 1 atom stereocenters. The van der Waals surface area contributed by atoms with Gasteiger partial charge in [-0.15, -0.1) is 0 Å². The SMILES string of the molecule is N#Cc1cc(F)c(O)c([C@@H](N)C(F)(F)CO)c1. The number of phenols is 1. The van der Waals surface area contributed by atoms with Crippen LogP contribution in [0.4, 0.5) is 13.2 Å². The van der Waals surface area contributed by atoms with Crippen molar-refractivity contribution in [3.05, 3.63) is 29.1 Å². The van der Waals surface area contributed by atoms with Crippen LogP contribution in [-0.2, 0) is 0 Å². The number of hydrogen-bond acceptors (Lipinski definition) is 4. The second-order valence-electron chi connectivity index (χ2n) is 3.40.